The SMILES string of the molecule is CCNC1(C#N)CCC(CC)CC1. The molecule has 0 aromatic carbocycles. The van der Waals surface area contributed by atoms with Crippen LogP contribution in [0, 0.1) is 17.2 Å². The summed E-state index contributed by atoms with van der Waals surface area (Å²) in [6, 6.07) is 2.45. The monoisotopic (exact) mass is 180 g/mol. The van der Waals surface area contributed by atoms with Crippen LogP contribution < -0.4 is 5.32 Å². The van der Waals surface area contributed by atoms with E-state index in [1.807, 2.05) is 0 Å². The molecule has 0 atom stereocenters. The minimum atomic E-state index is -0.194. The average Bonchev–Trinajstić information content (AvgIpc) is 2.19. The second kappa shape index (κ2) is 4.62. The summed E-state index contributed by atoms with van der Waals surface area (Å²) in [7, 11) is 0. The van der Waals surface area contributed by atoms with Crippen molar-refractivity contribution in [3.63, 3.8) is 0 Å². The van der Waals surface area contributed by atoms with Gasteiger partial charge in [-0.15, -0.1) is 0 Å². The van der Waals surface area contributed by atoms with Crippen molar-refractivity contribution in [1.82, 2.24) is 5.32 Å². The Balaban J connectivity index is 2.49. The van der Waals surface area contributed by atoms with E-state index in [4.69, 9.17) is 5.26 Å². The predicted octanol–water partition coefficient (Wildman–Crippen LogP) is 2.46. The molecule has 1 saturated carbocycles. The van der Waals surface area contributed by atoms with Crippen LogP contribution in [0.25, 0.3) is 0 Å². The summed E-state index contributed by atoms with van der Waals surface area (Å²) in [6.07, 6.45) is 5.79. The van der Waals surface area contributed by atoms with E-state index < -0.39 is 0 Å². The molecule has 2 nitrogen and oxygen atoms in total. The van der Waals surface area contributed by atoms with Crippen molar-refractivity contribution in [3.8, 4) is 6.07 Å². The van der Waals surface area contributed by atoms with E-state index in [0.717, 1.165) is 25.3 Å². The molecule has 13 heavy (non-hydrogen) atoms. The highest BCUT2D eigenvalue weighted by molar-refractivity contribution is 5.08. The van der Waals surface area contributed by atoms with Crippen molar-refractivity contribution >= 4 is 0 Å². The number of nitriles is 1. The molecule has 0 aliphatic heterocycles. The van der Waals surface area contributed by atoms with Crippen molar-refractivity contribution in [2.75, 3.05) is 6.54 Å². The van der Waals surface area contributed by atoms with Crippen molar-refractivity contribution in [2.24, 2.45) is 5.92 Å². The van der Waals surface area contributed by atoms with E-state index in [9.17, 15) is 0 Å². The van der Waals surface area contributed by atoms with E-state index in [0.29, 0.717) is 0 Å². The van der Waals surface area contributed by atoms with E-state index in [1.165, 1.54) is 19.3 Å². The van der Waals surface area contributed by atoms with Gasteiger partial charge in [0.2, 0.25) is 0 Å². The van der Waals surface area contributed by atoms with Gasteiger partial charge in [-0.3, -0.25) is 5.32 Å². The van der Waals surface area contributed by atoms with Gasteiger partial charge in [0.1, 0.15) is 5.54 Å². The molecule has 2 heteroatoms. The highest BCUT2D eigenvalue weighted by Gasteiger charge is 2.33. The lowest BCUT2D eigenvalue weighted by Gasteiger charge is -2.35. The Morgan fingerprint density at radius 1 is 1.38 bits per heavy atom. The standard InChI is InChI=1S/C11H20N2/c1-3-10-5-7-11(9-12,8-6-10)13-4-2/h10,13H,3-8H2,1-2H3. The van der Waals surface area contributed by atoms with Crippen molar-refractivity contribution < 1.29 is 0 Å². The number of nitrogens with one attached hydrogen (secondary N) is 1. The van der Waals surface area contributed by atoms with E-state index in [1.54, 1.807) is 0 Å². The van der Waals surface area contributed by atoms with Gasteiger partial charge in [-0.25, -0.2) is 0 Å². The normalized spacial score (nSPS) is 34.1. The van der Waals surface area contributed by atoms with E-state index in [-0.39, 0.29) is 5.54 Å². The molecular formula is C11H20N2. The molecule has 1 aliphatic rings. The van der Waals surface area contributed by atoms with Crippen LogP contribution in [-0.2, 0) is 0 Å². The molecule has 0 amide bonds. The van der Waals surface area contributed by atoms with Gasteiger partial charge in [0.25, 0.3) is 0 Å². The Labute approximate surface area is 81.3 Å². The Kier molecular flexibility index (Phi) is 3.74. The first-order chi connectivity index (χ1) is 6.26. The van der Waals surface area contributed by atoms with Gasteiger partial charge in [0, 0.05) is 0 Å². The molecule has 0 aromatic rings. The Morgan fingerprint density at radius 2 is 2.00 bits per heavy atom. The fourth-order valence-corrected chi connectivity index (χ4v) is 2.25. The van der Waals surface area contributed by atoms with Gasteiger partial charge in [0.05, 0.1) is 6.07 Å². The Bertz CT molecular complexity index is 185. The van der Waals surface area contributed by atoms with Gasteiger partial charge in [-0.2, -0.15) is 5.26 Å². The van der Waals surface area contributed by atoms with Crippen LogP contribution in [0.15, 0.2) is 0 Å². The predicted molar refractivity (Wildman–Crippen MR) is 54.3 cm³/mol. The molecule has 1 aliphatic carbocycles. The molecule has 0 saturated heterocycles. The van der Waals surface area contributed by atoms with Crippen molar-refractivity contribution in [2.45, 2.75) is 51.5 Å². The zero-order chi connectivity index (χ0) is 9.73. The lowest BCUT2D eigenvalue weighted by atomic mass is 9.76. The molecule has 0 bridgehead atoms. The quantitative estimate of drug-likeness (QED) is 0.724. The maximum atomic E-state index is 9.12. The minimum absolute atomic E-state index is 0.194. The molecule has 74 valence electrons. The van der Waals surface area contributed by atoms with E-state index >= 15 is 0 Å². The van der Waals surface area contributed by atoms with Gasteiger partial charge >= 0.3 is 0 Å². The highest BCUT2D eigenvalue weighted by atomic mass is 15.0. The number of rotatable bonds is 3. The van der Waals surface area contributed by atoms with Crippen LogP contribution >= 0.6 is 0 Å². The third kappa shape index (κ3) is 2.45. The second-order valence-corrected chi connectivity index (χ2v) is 4.08. The van der Waals surface area contributed by atoms with Gasteiger partial charge in [0.15, 0.2) is 0 Å². The Hall–Kier alpha value is -0.550. The minimum Gasteiger partial charge on any atom is -0.300 e. The second-order valence-electron chi connectivity index (χ2n) is 4.08. The first kappa shape index (κ1) is 10.5. The fraction of sp³-hybridized carbons (Fsp3) is 0.909. The van der Waals surface area contributed by atoms with Crippen LogP contribution in [0.4, 0.5) is 0 Å². The smallest absolute Gasteiger partial charge is 0.106 e. The van der Waals surface area contributed by atoms with Gasteiger partial charge in [-0.05, 0) is 38.1 Å². The number of hydrogen-bond acceptors (Lipinski definition) is 2. The molecule has 0 radical (unpaired) electrons. The molecule has 1 N–H and O–H groups in total. The third-order valence-corrected chi connectivity index (χ3v) is 3.27. The average molecular weight is 180 g/mol. The number of nitrogens with zero attached hydrogens (tertiary/aromatic N) is 1. The van der Waals surface area contributed by atoms with Crippen LogP contribution in [-0.4, -0.2) is 12.1 Å². The molecule has 1 fully saturated rings. The lowest BCUT2D eigenvalue weighted by Crippen LogP contribution is -2.46. The molecule has 0 spiro atoms. The zero-order valence-corrected chi connectivity index (χ0v) is 8.77. The summed E-state index contributed by atoms with van der Waals surface area (Å²) in [5.74, 6) is 0.861. The van der Waals surface area contributed by atoms with Crippen molar-refractivity contribution in [3.05, 3.63) is 0 Å². The summed E-state index contributed by atoms with van der Waals surface area (Å²) in [5, 5.41) is 12.5. The molecule has 1 rings (SSSR count). The fourth-order valence-electron chi connectivity index (χ4n) is 2.25. The van der Waals surface area contributed by atoms with Gasteiger partial charge < -0.3 is 0 Å². The van der Waals surface area contributed by atoms with Crippen LogP contribution in [0.5, 0.6) is 0 Å². The Morgan fingerprint density at radius 3 is 2.38 bits per heavy atom. The van der Waals surface area contributed by atoms with E-state index in [2.05, 4.69) is 25.2 Å². The summed E-state index contributed by atoms with van der Waals surface area (Å²) in [5.41, 5.74) is -0.194. The van der Waals surface area contributed by atoms with Crippen LogP contribution in [0.1, 0.15) is 46.0 Å². The first-order valence-electron chi connectivity index (χ1n) is 5.42. The molecule has 0 aromatic heterocycles. The molecule has 0 heterocycles. The summed E-state index contributed by atoms with van der Waals surface area (Å²) in [6.45, 7) is 5.23. The first-order valence-corrected chi connectivity index (χ1v) is 5.42. The van der Waals surface area contributed by atoms with Crippen LogP contribution in [0.3, 0.4) is 0 Å². The lowest BCUT2D eigenvalue weighted by molar-refractivity contribution is 0.237. The summed E-state index contributed by atoms with van der Waals surface area (Å²) in [4.78, 5) is 0. The van der Waals surface area contributed by atoms with Gasteiger partial charge in [-0.1, -0.05) is 20.3 Å². The number of hydrogen-bond donors (Lipinski definition) is 1. The van der Waals surface area contributed by atoms with Crippen LogP contribution in [0.2, 0.25) is 0 Å². The highest BCUT2D eigenvalue weighted by Crippen LogP contribution is 2.33. The molecule has 0 unspecified atom stereocenters. The van der Waals surface area contributed by atoms with Crippen molar-refractivity contribution in [1.29, 1.82) is 5.26 Å². The topological polar surface area (TPSA) is 35.8 Å². The third-order valence-electron chi connectivity index (χ3n) is 3.27. The summed E-state index contributed by atoms with van der Waals surface area (Å²) >= 11 is 0. The maximum Gasteiger partial charge on any atom is 0.106 e. The largest absolute Gasteiger partial charge is 0.300 e. The maximum absolute atomic E-state index is 9.12. The summed E-state index contributed by atoms with van der Waals surface area (Å²) < 4.78 is 0. The zero-order valence-electron chi connectivity index (χ0n) is 8.77. The molecular weight excluding hydrogens is 160 g/mol.